The zero-order chi connectivity index (χ0) is 20.5. The van der Waals surface area contributed by atoms with Crippen LogP contribution < -0.4 is 15.1 Å². The molecule has 3 heterocycles. The zero-order valence-electron chi connectivity index (χ0n) is 17.0. The van der Waals surface area contributed by atoms with E-state index in [9.17, 15) is 9.59 Å². The van der Waals surface area contributed by atoms with Crippen molar-refractivity contribution in [3.05, 3.63) is 57.6 Å². The summed E-state index contributed by atoms with van der Waals surface area (Å²) in [6.45, 7) is 3.88. The molecule has 7 heteroatoms. The Morgan fingerprint density at radius 1 is 1.17 bits per heavy atom. The number of fused-ring (bicyclic) bond motifs is 1. The largest absolute Gasteiger partial charge is 0.485 e. The molecule has 0 aliphatic carbocycles. The third-order valence-electron chi connectivity index (χ3n) is 5.76. The van der Waals surface area contributed by atoms with Gasteiger partial charge in [0, 0.05) is 13.1 Å². The second-order valence-corrected chi connectivity index (χ2v) is 7.81. The summed E-state index contributed by atoms with van der Waals surface area (Å²) in [5.74, 6) is 1.34. The lowest BCUT2D eigenvalue weighted by atomic mass is 10.0. The zero-order valence-corrected chi connectivity index (χ0v) is 17.0. The highest BCUT2D eigenvalue weighted by atomic mass is 16.6. The van der Waals surface area contributed by atoms with Gasteiger partial charge in [-0.3, -0.25) is 4.79 Å². The molecule has 29 heavy (non-hydrogen) atoms. The van der Waals surface area contributed by atoms with Crippen LogP contribution in [0, 0.1) is 6.92 Å². The SMILES string of the molecule is Cc1cc(C2COc3ccccc3O2)oc(=O)c1C(=O)N(C)C1CCN(C)CC1. The lowest BCUT2D eigenvalue weighted by Crippen LogP contribution is -2.45. The number of benzene rings is 1. The van der Waals surface area contributed by atoms with Gasteiger partial charge in [0.1, 0.15) is 12.2 Å². The van der Waals surface area contributed by atoms with Gasteiger partial charge in [0.15, 0.2) is 23.4 Å². The third kappa shape index (κ3) is 3.87. The van der Waals surface area contributed by atoms with Crippen molar-refractivity contribution in [3.8, 4) is 11.5 Å². The first kappa shape index (κ1) is 19.5. The predicted molar refractivity (Wildman–Crippen MR) is 108 cm³/mol. The smallest absolute Gasteiger partial charge is 0.349 e. The fraction of sp³-hybridized carbons (Fsp3) is 0.455. The van der Waals surface area contributed by atoms with Crippen molar-refractivity contribution >= 4 is 5.91 Å². The van der Waals surface area contributed by atoms with Crippen LogP contribution in [0.15, 0.2) is 39.5 Å². The summed E-state index contributed by atoms with van der Waals surface area (Å²) in [5.41, 5.74) is 0.0445. The van der Waals surface area contributed by atoms with Crippen LogP contribution >= 0.6 is 0 Å². The van der Waals surface area contributed by atoms with Crippen molar-refractivity contribution in [1.82, 2.24) is 9.80 Å². The van der Waals surface area contributed by atoms with Crippen LogP contribution in [-0.4, -0.2) is 55.5 Å². The number of hydrogen-bond donors (Lipinski definition) is 0. The minimum Gasteiger partial charge on any atom is -0.485 e. The van der Waals surface area contributed by atoms with Crippen LogP contribution in [0.25, 0.3) is 0 Å². The maximum atomic E-state index is 13.0. The Kier molecular flexibility index (Phi) is 5.32. The fourth-order valence-corrected chi connectivity index (χ4v) is 3.93. The minimum absolute atomic E-state index is 0.0901. The summed E-state index contributed by atoms with van der Waals surface area (Å²) < 4.78 is 17.1. The highest BCUT2D eigenvalue weighted by Crippen LogP contribution is 2.35. The van der Waals surface area contributed by atoms with Gasteiger partial charge in [0.25, 0.3) is 5.91 Å². The van der Waals surface area contributed by atoms with E-state index in [-0.39, 0.29) is 24.1 Å². The molecular formula is C22H26N2O5. The molecule has 0 bridgehead atoms. The molecule has 2 aromatic rings. The molecule has 2 aliphatic rings. The van der Waals surface area contributed by atoms with Gasteiger partial charge in [0.2, 0.25) is 0 Å². The average Bonchev–Trinajstić information content (AvgIpc) is 2.72. The standard InChI is InChI=1S/C22H26N2O5/c1-14-12-18(19-13-27-16-6-4-5-7-17(16)28-19)29-22(26)20(14)21(25)24(3)15-8-10-23(2)11-9-15/h4-7,12,15,19H,8-11,13H2,1-3H3. The molecular weight excluding hydrogens is 372 g/mol. The van der Waals surface area contributed by atoms with Crippen molar-refractivity contribution in [3.63, 3.8) is 0 Å². The van der Waals surface area contributed by atoms with E-state index in [4.69, 9.17) is 13.9 Å². The van der Waals surface area contributed by atoms with Crippen LogP contribution in [0.2, 0.25) is 0 Å². The molecule has 1 fully saturated rings. The molecule has 0 saturated carbocycles. The Morgan fingerprint density at radius 3 is 2.55 bits per heavy atom. The van der Waals surface area contributed by atoms with E-state index >= 15 is 0 Å². The molecule has 1 aromatic heterocycles. The summed E-state index contributed by atoms with van der Waals surface area (Å²) in [7, 11) is 3.84. The van der Waals surface area contributed by atoms with Gasteiger partial charge in [-0.15, -0.1) is 0 Å². The van der Waals surface area contributed by atoms with Gasteiger partial charge in [-0.25, -0.2) is 4.79 Å². The molecule has 7 nitrogen and oxygen atoms in total. The molecule has 154 valence electrons. The second-order valence-electron chi connectivity index (χ2n) is 7.81. The number of rotatable bonds is 3. The lowest BCUT2D eigenvalue weighted by Gasteiger charge is -2.35. The van der Waals surface area contributed by atoms with E-state index in [1.807, 2.05) is 18.2 Å². The van der Waals surface area contributed by atoms with E-state index in [1.54, 1.807) is 31.0 Å². The maximum Gasteiger partial charge on any atom is 0.349 e. The van der Waals surface area contributed by atoms with Crippen LogP contribution in [0.4, 0.5) is 0 Å². The molecule has 0 N–H and O–H groups in total. The van der Waals surface area contributed by atoms with E-state index in [1.165, 1.54) is 0 Å². The molecule has 0 radical (unpaired) electrons. The van der Waals surface area contributed by atoms with Gasteiger partial charge in [0.05, 0.1) is 0 Å². The minimum atomic E-state index is -0.632. The molecule has 0 spiro atoms. The van der Waals surface area contributed by atoms with Crippen molar-refractivity contribution in [2.45, 2.75) is 31.9 Å². The van der Waals surface area contributed by atoms with Gasteiger partial charge >= 0.3 is 5.63 Å². The number of piperidine rings is 1. The number of hydrogen-bond acceptors (Lipinski definition) is 6. The number of likely N-dealkylation sites (tertiary alicyclic amines) is 1. The average molecular weight is 398 g/mol. The normalized spacial score (nSPS) is 19.8. The first-order valence-electron chi connectivity index (χ1n) is 9.93. The first-order chi connectivity index (χ1) is 13.9. The summed E-state index contributed by atoms with van der Waals surface area (Å²) >= 11 is 0. The lowest BCUT2D eigenvalue weighted by molar-refractivity contribution is 0.0639. The molecule has 4 rings (SSSR count). The van der Waals surface area contributed by atoms with Crippen molar-refractivity contribution in [2.24, 2.45) is 0 Å². The maximum absolute atomic E-state index is 13.0. The van der Waals surface area contributed by atoms with E-state index < -0.39 is 11.7 Å². The Morgan fingerprint density at radius 2 is 1.86 bits per heavy atom. The second kappa shape index (κ2) is 7.91. The van der Waals surface area contributed by atoms with Crippen LogP contribution in [0.1, 0.15) is 40.6 Å². The monoisotopic (exact) mass is 398 g/mol. The highest BCUT2D eigenvalue weighted by molar-refractivity contribution is 5.95. The quantitative estimate of drug-likeness (QED) is 0.792. The summed E-state index contributed by atoms with van der Waals surface area (Å²) in [6, 6.07) is 9.19. The first-order valence-corrected chi connectivity index (χ1v) is 9.93. The molecule has 1 aromatic carbocycles. The number of carbonyl (C=O) groups excluding carboxylic acids is 1. The molecule has 1 saturated heterocycles. The number of ether oxygens (including phenoxy) is 2. The number of carbonyl (C=O) groups is 1. The van der Waals surface area contributed by atoms with Crippen molar-refractivity contribution < 1.29 is 18.7 Å². The van der Waals surface area contributed by atoms with E-state index in [2.05, 4.69) is 11.9 Å². The van der Waals surface area contributed by atoms with Gasteiger partial charge < -0.3 is 23.7 Å². The van der Waals surface area contributed by atoms with E-state index in [0.717, 1.165) is 25.9 Å². The molecule has 1 amide bonds. The Bertz CT molecular complexity index is 962. The number of nitrogens with zero attached hydrogens (tertiary/aromatic N) is 2. The Labute approximate surface area is 169 Å². The number of para-hydroxylation sites is 2. The van der Waals surface area contributed by atoms with Gasteiger partial charge in [-0.2, -0.15) is 0 Å². The molecule has 1 atom stereocenters. The van der Waals surface area contributed by atoms with Crippen LogP contribution in [-0.2, 0) is 0 Å². The molecule has 2 aliphatic heterocycles. The van der Waals surface area contributed by atoms with Gasteiger partial charge in [-0.05, 0) is 63.7 Å². The molecule has 1 unspecified atom stereocenters. The summed E-state index contributed by atoms with van der Waals surface area (Å²) in [6.07, 6.45) is 1.26. The van der Waals surface area contributed by atoms with E-state index in [0.29, 0.717) is 22.8 Å². The van der Waals surface area contributed by atoms with Gasteiger partial charge in [-0.1, -0.05) is 12.1 Å². The van der Waals surface area contributed by atoms with Crippen LogP contribution in [0.5, 0.6) is 11.5 Å². The Hall–Kier alpha value is -2.80. The van der Waals surface area contributed by atoms with Crippen molar-refractivity contribution in [1.29, 1.82) is 0 Å². The summed E-state index contributed by atoms with van der Waals surface area (Å²) in [5, 5.41) is 0. The Balaban J connectivity index is 1.55. The number of aryl methyl sites for hydroxylation is 1. The predicted octanol–water partition coefficient (Wildman–Crippen LogP) is 2.63. The fourth-order valence-electron chi connectivity index (χ4n) is 3.93. The highest BCUT2D eigenvalue weighted by Gasteiger charge is 2.30. The number of amides is 1. The third-order valence-corrected chi connectivity index (χ3v) is 5.76. The topological polar surface area (TPSA) is 72.2 Å². The summed E-state index contributed by atoms with van der Waals surface area (Å²) in [4.78, 5) is 29.7. The van der Waals surface area contributed by atoms with Crippen molar-refractivity contribution in [2.75, 3.05) is 33.8 Å². The van der Waals surface area contributed by atoms with Crippen LogP contribution in [0.3, 0.4) is 0 Å².